The number of aryl methyl sites for hydroxylation is 1. The van der Waals surface area contributed by atoms with Gasteiger partial charge in [-0.3, -0.25) is 14.4 Å². The highest BCUT2D eigenvalue weighted by Gasteiger charge is 2.24. The molecule has 2 aromatic rings. The number of nitrogens with zero attached hydrogens (tertiary/aromatic N) is 7. The van der Waals surface area contributed by atoms with Crippen molar-refractivity contribution in [1.82, 2.24) is 24.5 Å². The lowest BCUT2D eigenvalue weighted by molar-refractivity contribution is 0.442. The van der Waals surface area contributed by atoms with Crippen molar-refractivity contribution < 1.29 is 4.39 Å². The minimum absolute atomic E-state index is 0.0749. The molecule has 1 fully saturated rings. The molecule has 1 aliphatic heterocycles. The van der Waals surface area contributed by atoms with Gasteiger partial charge in [0.2, 0.25) is 0 Å². The van der Waals surface area contributed by atoms with E-state index in [1.165, 1.54) is 6.34 Å². The highest BCUT2D eigenvalue weighted by molar-refractivity contribution is 6.06. The first kappa shape index (κ1) is 22.4. The van der Waals surface area contributed by atoms with Crippen LogP contribution in [0.4, 0.5) is 4.39 Å². The smallest absolute Gasteiger partial charge is 0.112 e. The van der Waals surface area contributed by atoms with Crippen LogP contribution in [-0.4, -0.2) is 62.0 Å². The number of nitrogens with two attached hydrogens (primary N) is 1. The van der Waals surface area contributed by atoms with Gasteiger partial charge < -0.3 is 16.0 Å². The van der Waals surface area contributed by atoms with E-state index < -0.39 is 0 Å². The summed E-state index contributed by atoms with van der Waals surface area (Å²) in [6.07, 6.45) is 12.9. The SMILES string of the molecule is CC(=NC=NCC(=N)C1=CC(c2cnn(C)c2)=C(F)CC=C1N)N1CCC(n2cccn2)C1. The summed E-state index contributed by atoms with van der Waals surface area (Å²) in [6, 6.07) is 2.27. The van der Waals surface area contributed by atoms with E-state index in [-0.39, 0.29) is 24.5 Å². The number of rotatable bonds is 6. The molecule has 2 aromatic heterocycles. The van der Waals surface area contributed by atoms with Crippen LogP contribution in [0.2, 0.25) is 0 Å². The van der Waals surface area contributed by atoms with Gasteiger partial charge in [-0.15, -0.1) is 0 Å². The predicted octanol–water partition coefficient (Wildman–Crippen LogP) is 2.88. The average Bonchev–Trinajstić information content (AvgIpc) is 3.55. The maximum absolute atomic E-state index is 14.6. The maximum atomic E-state index is 14.6. The third kappa shape index (κ3) is 5.16. The summed E-state index contributed by atoms with van der Waals surface area (Å²) < 4.78 is 18.2. The molecule has 4 rings (SSSR count). The van der Waals surface area contributed by atoms with Crippen LogP contribution < -0.4 is 5.73 Å². The Kier molecular flexibility index (Phi) is 6.62. The Morgan fingerprint density at radius 1 is 1.39 bits per heavy atom. The summed E-state index contributed by atoms with van der Waals surface area (Å²) >= 11 is 0. The van der Waals surface area contributed by atoms with Gasteiger partial charge in [0, 0.05) is 67.6 Å². The molecular formula is C23H28FN9. The molecule has 0 radical (unpaired) electrons. The van der Waals surface area contributed by atoms with Gasteiger partial charge in [-0.05, 0) is 25.5 Å². The number of halogens is 1. The van der Waals surface area contributed by atoms with Crippen molar-refractivity contribution in [1.29, 1.82) is 5.41 Å². The lowest BCUT2D eigenvalue weighted by Crippen LogP contribution is -2.27. The predicted molar refractivity (Wildman–Crippen MR) is 128 cm³/mol. The number of aromatic nitrogens is 4. The van der Waals surface area contributed by atoms with Crippen molar-refractivity contribution in [2.75, 3.05) is 19.6 Å². The Labute approximate surface area is 192 Å². The van der Waals surface area contributed by atoms with Gasteiger partial charge in [-0.2, -0.15) is 10.2 Å². The number of aliphatic imine (C=N–C) groups is 2. The Bertz CT molecular complexity index is 1160. The van der Waals surface area contributed by atoms with Crippen LogP contribution in [0.5, 0.6) is 0 Å². The molecule has 3 N–H and O–H groups in total. The van der Waals surface area contributed by atoms with Crippen molar-refractivity contribution in [2.45, 2.75) is 25.8 Å². The average molecular weight is 450 g/mol. The quantitative estimate of drug-likeness (QED) is 0.521. The molecule has 10 heteroatoms. The fourth-order valence-corrected chi connectivity index (χ4v) is 3.96. The van der Waals surface area contributed by atoms with Crippen LogP contribution in [0.1, 0.15) is 31.4 Å². The van der Waals surface area contributed by atoms with E-state index in [9.17, 15) is 4.39 Å². The first-order chi connectivity index (χ1) is 15.9. The van der Waals surface area contributed by atoms with Crippen molar-refractivity contribution in [3.05, 3.63) is 65.7 Å². The number of nitrogens with one attached hydrogen (secondary N) is 1. The molecule has 9 nitrogen and oxygen atoms in total. The molecule has 33 heavy (non-hydrogen) atoms. The monoisotopic (exact) mass is 449 g/mol. The second-order valence-electron chi connectivity index (χ2n) is 8.13. The Balaban J connectivity index is 1.40. The van der Waals surface area contributed by atoms with E-state index >= 15 is 0 Å². The van der Waals surface area contributed by atoms with Crippen LogP contribution in [0.3, 0.4) is 0 Å². The molecule has 0 aromatic carbocycles. The first-order valence-corrected chi connectivity index (χ1v) is 10.8. The van der Waals surface area contributed by atoms with Crippen LogP contribution >= 0.6 is 0 Å². The van der Waals surface area contributed by atoms with Gasteiger partial charge in [0.05, 0.1) is 24.5 Å². The Morgan fingerprint density at radius 2 is 2.24 bits per heavy atom. The van der Waals surface area contributed by atoms with E-state index in [4.69, 9.17) is 11.1 Å². The topological polar surface area (TPSA) is 113 Å². The molecule has 1 aliphatic carbocycles. The molecule has 1 saturated heterocycles. The number of hydrogen-bond donors (Lipinski definition) is 2. The van der Waals surface area contributed by atoms with E-state index in [2.05, 4.69) is 25.1 Å². The summed E-state index contributed by atoms with van der Waals surface area (Å²) in [7, 11) is 1.77. The molecule has 2 aliphatic rings. The molecule has 0 saturated carbocycles. The minimum Gasteiger partial charge on any atom is -0.398 e. The minimum atomic E-state index is -0.309. The lowest BCUT2D eigenvalue weighted by Gasteiger charge is -2.17. The zero-order valence-electron chi connectivity index (χ0n) is 18.8. The summed E-state index contributed by atoms with van der Waals surface area (Å²) in [4.78, 5) is 10.9. The highest BCUT2D eigenvalue weighted by Crippen LogP contribution is 2.29. The molecule has 1 unspecified atom stereocenters. The lowest BCUT2D eigenvalue weighted by atomic mass is 10.0. The fourth-order valence-electron chi connectivity index (χ4n) is 3.96. The number of allylic oxidation sites excluding steroid dienone is 5. The van der Waals surface area contributed by atoms with E-state index in [1.807, 2.05) is 23.9 Å². The zero-order chi connectivity index (χ0) is 23.4. The fraction of sp³-hybridized carbons (Fsp3) is 0.348. The van der Waals surface area contributed by atoms with E-state index in [0.29, 0.717) is 28.4 Å². The standard InChI is InChI=1S/C23H28FN9/c1-16(32-9-6-18(14-32)33-8-3-7-29-33)28-15-27-12-23(26)20-10-19(17-11-30-31(2)13-17)21(24)4-5-22(20)25/h3,5,7-8,10-11,13,15,18,26H,4,6,9,12,14,25H2,1-2H3. The molecule has 0 spiro atoms. The van der Waals surface area contributed by atoms with Gasteiger partial charge in [0.1, 0.15) is 18.0 Å². The molecular weight excluding hydrogens is 421 g/mol. The third-order valence-corrected chi connectivity index (χ3v) is 5.83. The number of likely N-dealkylation sites (tertiary alicyclic amines) is 1. The summed E-state index contributed by atoms with van der Waals surface area (Å²) in [5, 5.41) is 16.9. The van der Waals surface area contributed by atoms with Crippen LogP contribution in [0.25, 0.3) is 5.57 Å². The third-order valence-electron chi connectivity index (χ3n) is 5.83. The maximum Gasteiger partial charge on any atom is 0.112 e. The van der Waals surface area contributed by atoms with E-state index in [0.717, 1.165) is 25.3 Å². The summed E-state index contributed by atoms with van der Waals surface area (Å²) in [5.41, 5.74) is 8.18. The number of hydrogen-bond acceptors (Lipinski definition) is 5. The highest BCUT2D eigenvalue weighted by atomic mass is 19.1. The second kappa shape index (κ2) is 9.76. The second-order valence-corrected chi connectivity index (χ2v) is 8.13. The van der Waals surface area contributed by atoms with Gasteiger partial charge in [-0.1, -0.05) is 6.08 Å². The summed E-state index contributed by atoms with van der Waals surface area (Å²) in [6.45, 7) is 3.80. The van der Waals surface area contributed by atoms with Crippen molar-refractivity contribution in [3.63, 3.8) is 0 Å². The normalized spacial score (nSPS) is 19.8. The Morgan fingerprint density at radius 3 is 2.97 bits per heavy atom. The number of amidine groups is 1. The van der Waals surface area contributed by atoms with Gasteiger partial charge >= 0.3 is 0 Å². The van der Waals surface area contributed by atoms with Crippen LogP contribution in [0.15, 0.2) is 70.1 Å². The summed E-state index contributed by atoms with van der Waals surface area (Å²) in [5.74, 6) is 0.563. The largest absolute Gasteiger partial charge is 0.398 e. The molecule has 0 bridgehead atoms. The first-order valence-electron chi connectivity index (χ1n) is 10.8. The molecule has 3 heterocycles. The van der Waals surface area contributed by atoms with Crippen molar-refractivity contribution in [3.8, 4) is 0 Å². The van der Waals surface area contributed by atoms with Crippen LogP contribution in [-0.2, 0) is 7.05 Å². The zero-order valence-corrected chi connectivity index (χ0v) is 18.8. The molecule has 0 amide bonds. The molecule has 1 atom stereocenters. The van der Waals surface area contributed by atoms with E-state index in [1.54, 1.807) is 42.5 Å². The van der Waals surface area contributed by atoms with Gasteiger partial charge in [0.15, 0.2) is 0 Å². The molecule has 172 valence electrons. The van der Waals surface area contributed by atoms with Gasteiger partial charge in [0.25, 0.3) is 0 Å². The van der Waals surface area contributed by atoms with Crippen molar-refractivity contribution >= 4 is 23.5 Å². The van der Waals surface area contributed by atoms with Crippen molar-refractivity contribution in [2.24, 2.45) is 22.8 Å². The van der Waals surface area contributed by atoms with Crippen LogP contribution in [0, 0.1) is 5.41 Å². The van der Waals surface area contributed by atoms with Gasteiger partial charge in [-0.25, -0.2) is 9.38 Å². The Hall–Kier alpha value is -3.82.